The second-order valence-corrected chi connectivity index (χ2v) is 6.16. The standard InChI is InChI=1S/C15H25N3O2/c1-10-8-11(13(16)18-20)6-7-12(10)9-17-14(2,3)15(4,5)19/h6-8,17,19-20H,9H2,1-5H3,(H2,16,18). The summed E-state index contributed by atoms with van der Waals surface area (Å²) in [6.45, 7) is 10.1. The van der Waals surface area contributed by atoms with Crippen LogP contribution in [0.2, 0.25) is 0 Å². The number of amidine groups is 1. The van der Waals surface area contributed by atoms with Gasteiger partial charge in [0.05, 0.1) is 5.60 Å². The molecule has 0 fully saturated rings. The van der Waals surface area contributed by atoms with Crippen molar-refractivity contribution in [3.05, 3.63) is 34.9 Å². The maximum absolute atomic E-state index is 10.1. The molecular formula is C15H25N3O2. The average molecular weight is 279 g/mol. The molecule has 0 aliphatic rings. The van der Waals surface area contributed by atoms with Crippen LogP contribution in [0.1, 0.15) is 44.4 Å². The van der Waals surface area contributed by atoms with Crippen molar-refractivity contribution in [2.24, 2.45) is 10.9 Å². The van der Waals surface area contributed by atoms with Crippen LogP contribution in [0.3, 0.4) is 0 Å². The highest BCUT2D eigenvalue weighted by atomic mass is 16.4. The van der Waals surface area contributed by atoms with E-state index >= 15 is 0 Å². The molecule has 1 aromatic rings. The number of hydrogen-bond acceptors (Lipinski definition) is 4. The number of aliphatic hydroxyl groups is 1. The lowest BCUT2D eigenvalue weighted by atomic mass is 9.85. The predicted octanol–water partition coefficient (Wildman–Crippen LogP) is 1.73. The van der Waals surface area contributed by atoms with Gasteiger partial charge in [-0.2, -0.15) is 0 Å². The van der Waals surface area contributed by atoms with E-state index in [4.69, 9.17) is 10.9 Å². The lowest BCUT2D eigenvalue weighted by Gasteiger charge is -2.38. The molecule has 0 saturated carbocycles. The summed E-state index contributed by atoms with van der Waals surface area (Å²) in [5.74, 6) is 0.101. The average Bonchev–Trinajstić information content (AvgIpc) is 2.35. The molecule has 112 valence electrons. The number of nitrogens with zero attached hydrogens (tertiary/aromatic N) is 1. The largest absolute Gasteiger partial charge is 0.409 e. The molecule has 0 unspecified atom stereocenters. The van der Waals surface area contributed by atoms with Crippen molar-refractivity contribution >= 4 is 5.84 Å². The Labute approximate surface area is 120 Å². The molecule has 0 spiro atoms. The second kappa shape index (κ2) is 5.81. The van der Waals surface area contributed by atoms with Gasteiger partial charge in [-0.1, -0.05) is 17.3 Å². The van der Waals surface area contributed by atoms with Crippen LogP contribution >= 0.6 is 0 Å². The monoisotopic (exact) mass is 279 g/mol. The molecule has 0 amide bonds. The van der Waals surface area contributed by atoms with E-state index in [2.05, 4.69) is 10.5 Å². The van der Waals surface area contributed by atoms with Gasteiger partial charge in [-0.05, 0) is 51.8 Å². The third-order valence-corrected chi connectivity index (χ3v) is 4.00. The molecule has 5 heteroatoms. The summed E-state index contributed by atoms with van der Waals surface area (Å²) in [4.78, 5) is 0. The zero-order valence-electron chi connectivity index (χ0n) is 12.9. The summed E-state index contributed by atoms with van der Waals surface area (Å²) in [5, 5.41) is 25.1. The number of nitrogens with two attached hydrogens (primary N) is 1. The Kier molecular flexibility index (Phi) is 4.78. The predicted molar refractivity (Wildman–Crippen MR) is 80.9 cm³/mol. The molecule has 0 aliphatic heterocycles. The highest BCUT2D eigenvalue weighted by Gasteiger charge is 2.34. The fraction of sp³-hybridized carbons (Fsp3) is 0.533. The van der Waals surface area contributed by atoms with Crippen molar-refractivity contribution in [1.82, 2.24) is 5.32 Å². The molecule has 0 radical (unpaired) electrons. The Morgan fingerprint density at radius 3 is 2.35 bits per heavy atom. The molecule has 5 nitrogen and oxygen atoms in total. The summed E-state index contributed by atoms with van der Waals surface area (Å²) in [5.41, 5.74) is 7.17. The summed E-state index contributed by atoms with van der Waals surface area (Å²) >= 11 is 0. The summed E-state index contributed by atoms with van der Waals surface area (Å²) in [6, 6.07) is 5.63. The zero-order chi connectivity index (χ0) is 15.6. The highest BCUT2D eigenvalue weighted by Crippen LogP contribution is 2.21. The normalized spacial score (nSPS) is 13.6. The Balaban J connectivity index is 2.86. The highest BCUT2D eigenvalue weighted by molar-refractivity contribution is 5.97. The van der Waals surface area contributed by atoms with Crippen LogP contribution in [-0.2, 0) is 6.54 Å². The Bertz CT molecular complexity index is 502. The van der Waals surface area contributed by atoms with Crippen molar-refractivity contribution < 1.29 is 10.3 Å². The molecule has 1 aromatic carbocycles. The van der Waals surface area contributed by atoms with Gasteiger partial charge in [-0.15, -0.1) is 0 Å². The SMILES string of the molecule is Cc1cc(/C(N)=N/O)ccc1CNC(C)(C)C(C)(C)O. The van der Waals surface area contributed by atoms with Crippen LogP contribution < -0.4 is 11.1 Å². The fourth-order valence-electron chi connectivity index (χ4n) is 1.64. The first-order valence-electron chi connectivity index (χ1n) is 6.63. The van der Waals surface area contributed by atoms with Crippen LogP contribution in [0.5, 0.6) is 0 Å². The van der Waals surface area contributed by atoms with Crippen molar-refractivity contribution in [2.75, 3.05) is 0 Å². The van der Waals surface area contributed by atoms with Gasteiger partial charge < -0.3 is 21.4 Å². The van der Waals surface area contributed by atoms with Gasteiger partial charge >= 0.3 is 0 Å². The number of oxime groups is 1. The van der Waals surface area contributed by atoms with Crippen LogP contribution in [0.25, 0.3) is 0 Å². The van der Waals surface area contributed by atoms with Crippen molar-refractivity contribution in [2.45, 2.75) is 52.3 Å². The molecule has 20 heavy (non-hydrogen) atoms. The maximum Gasteiger partial charge on any atom is 0.170 e. The van der Waals surface area contributed by atoms with E-state index in [9.17, 15) is 5.11 Å². The molecular weight excluding hydrogens is 254 g/mol. The lowest BCUT2D eigenvalue weighted by molar-refractivity contribution is -0.00534. The van der Waals surface area contributed by atoms with E-state index in [1.807, 2.05) is 39.0 Å². The van der Waals surface area contributed by atoms with Crippen LogP contribution in [0.4, 0.5) is 0 Å². The van der Waals surface area contributed by atoms with Gasteiger partial charge in [-0.3, -0.25) is 0 Å². The first-order chi connectivity index (χ1) is 9.08. The Morgan fingerprint density at radius 2 is 1.90 bits per heavy atom. The summed E-state index contributed by atoms with van der Waals surface area (Å²) in [7, 11) is 0. The number of rotatable bonds is 5. The van der Waals surface area contributed by atoms with E-state index in [0.29, 0.717) is 12.1 Å². The molecule has 0 atom stereocenters. The van der Waals surface area contributed by atoms with Crippen molar-refractivity contribution in [3.63, 3.8) is 0 Å². The molecule has 1 rings (SSSR count). The minimum atomic E-state index is -0.825. The number of aryl methyl sites for hydroxylation is 1. The number of hydrogen-bond donors (Lipinski definition) is 4. The van der Waals surface area contributed by atoms with Gasteiger partial charge in [0.2, 0.25) is 0 Å². The van der Waals surface area contributed by atoms with Crippen LogP contribution in [0, 0.1) is 6.92 Å². The number of nitrogens with one attached hydrogen (secondary N) is 1. The quantitative estimate of drug-likeness (QED) is 0.286. The number of benzene rings is 1. The first kappa shape index (κ1) is 16.5. The third kappa shape index (κ3) is 3.71. The Hall–Kier alpha value is -1.59. The zero-order valence-corrected chi connectivity index (χ0v) is 12.9. The van der Waals surface area contributed by atoms with E-state index in [-0.39, 0.29) is 5.84 Å². The maximum atomic E-state index is 10.1. The van der Waals surface area contributed by atoms with Crippen molar-refractivity contribution in [3.8, 4) is 0 Å². The van der Waals surface area contributed by atoms with Gasteiger partial charge in [0.1, 0.15) is 0 Å². The third-order valence-electron chi connectivity index (χ3n) is 4.00. The van der Waals surface area contributed by atoms with Gasteiger partial charge in [0.25, 0.3) is 0 Å². The van der Waals surface area contributed by atoms with E-state index < -0.39 is 11.1 Å². The first-order valence-corrected chi connectivity index (χ1v) is 6.63. The minimum Gasteiger partial charge on any atom is -0.409 e. The summed E-state index contributed by atoms with van der Waals surface area (Å²) in [6.07, 6.45) is 0. The Morgan fingerprint density at radius 1 is 1.30 bits per heavy atom. The van der Waals surface area contributed by atoms with E-state index in [1.54, 1.807) is 13.8 Å². The molecule has 0 aromatic heterocycles. The molecule has 0 aliphatic carbocycles. The van der Waals surface area contributed by atoms with Gasteiger partial charge in [0.15, 0.2) is 5.84 Å². The van der Waals surface area contributed by atoms with E-state index in [0.717, 1.165) is 11.1 Å². The second-order valence-electron chi connectivity index (χ2n) is 6.16. The van der Waals surface area contributed by atoms with Gasteiger partial charge in [-0.25, -0.2) is 0 Å². The summed E-state index contributed by atoms with van der Waals surface area (Å²) < 4.78 is 0. The van der Waals surface area contributed by atoms with Crippen molar-refractivity contribution in [1.29, 1.82) is 0 Å². The topological polar surface area (TPSA) is 90.9 Å². The molecule has 0 saturated heterocycles. The molecule has 0 heterocycles. The molecule has 0 bridgehead atoms. The van der Waals surface area contributed by atoms with Gasteiger partial charge in [0, 0.05) is 17.6 Å². The van der Waals surface area contributed by atoms with E-state index in [1.165, 1.54) is 0 Å². The van der Waals surface area contributed by atoms with Crippen LogP contribution in [-0.4, -0.2) is 27.3 Å². The smallest absolute Gasteiger partial charge is 0.170 e. The minimum absolute atomic E-state index is 0.101. The fourth-order valence-corrected chi connectivity index (χ4v) is 1.64. The van der Waals surface area contributed by atoms with Crippen LogP contribution in [0.15, 0.2) is 23.4 Å². The lowest BCUT2D eigenvalue weighted by Crippen LogP contribution is -2.55. The molecule has 5 N–H and O–H groups in total.